The molecule has 108 valence electrons. The number of thiophene rings is 1. The topological polar surface area (TPSA) is 12.0 Å². The highest BCUT2D eigenvalue weighted by Crippen LogP contribution is 2.35. The van der Waals surface area contributed by atoms with Gasteiger partial charge in [-0.05, 0) is 61.7 Å². The van der Waals surface area contributed by atoms with Crippen LogP contribution in [0.1, 0.15) is 43.2 Å². The third-order valence-corrected chi connectivity index (χ3v) is 4.95. The number of aryl methyl sites for hydroxylation is 1. The fourth-order valence-electron chi connectivity index (χ4n) is 2.31. The number of hydrogen-bond donors (Lipinski definition) is 1. The first kappa shape index (κ1) is 15.6. The van der Waals surface area contributed by atoms with Gasteiger partial charge < -0.3 is 5.32 Å². The average Bonchev–Trinajstić information content (AvgIpc) is 2.92. The number of halogens is 1. The lowest BCUT2D eigenvalue weighted by molar-refractivity contribution is 0.525. The quantitative estimate of drug-likeness (QED) is 0.708. The molecule has 0 aliphatic heterocycles. The van der Waals surface area contributed by atoms with Gasteiger partial charge in [0.2, 0.25) is 0 Å². The Morgan fingerprint density at radius 2 is 2.00 bits per heavy atom. The van der Waals surface area contributed by atoms with Gasteiger partial charge in [0.1, 0.15) is 0 Å². The monoisotopic (exact) mass is 307 g/mol. The van der Waals surface area contributed by atoms with Gasteiger partial charge in [-0.15, -0.1) is 11.3 Å². The van der Waals surface area contributed by atoms with E-state index in [0.717, 1.165) is 18.0 Å². The summed E-state index contributed by atoms with van der Waals surface area (Å²) in [6.45, 7) is 7.64. The molecule has 20 heavy (non-hydrogen) atoms. The fraction of sp³-hybridized carbons (Fsp3) is 0.412. The summed E-state index contributed by atoms with van der Waals surface area (Å²) in [5.74, 6) is 0. The molecule has 0 aliphatic rings. The molecular weight excluding hydrogens is 286 g/mol. The van der Waals surface area contributed by atoms with Gasteiger partial charge in [-0.1, -0.05) is 31.5 Å². The smallest absolute Gasteiger partial charge is 0.0412 e. The predicted octanol–water partition coefficient (Wildman–Crippen LogP) is 5.83. The minimum absolute atomic E-state index is 0.466. The molecule has 0 fully saturated rings. The molecule has 1 atom stereocenters. The fourth-order valence-corrected chi connectivity index (χ4v) is 3.73. The van der Waals surface area contributed by atoms with E-state index in [2.05, 4.69) is 50.4 Å². The van der Waals surface area contributed by atoms with E-state index >= 15 is 0 Å². The Bertz CT molecular complexity index is 562. The average molecular weight is 308 g/mol. The Labute approximate surface area is 131 Å². The van der Waals surface area contributed by atoms with Crippen molar-refractivity contribution in [2.45, 2.75) is 39.7 Å². The van der Waals surface area contributed by atoms with Crippen molar-refractivity contribution in [3.05, 3.63) is 45.8 Å². The van der Waals surface area contributed by atoms with Crippen LogP contribution in [0, 0.1) is 6.92 Å². The molecule has 3 heteroatoms. The van der Waals surface area contributed by atoms with Crippen molar-refractivity contribution < 1.29 is 0 Å². The van der Waals surface area contributed by atoms with Gasteiger partial charge in [-0.2, -0.15) is 0 Å². The summed E-state index contributed by atoms with van der Waals surface area (Å²) in [4.78, 5) is 2.71. The number of rotatable bonds is 6. The molecule has 1 heterocycles. The summed E-state index contributed by atoms with van der Waals surface area (Å²) in [6, 6.07) is 11.0. The third-order valence-electron chi connectivity index (χ3n) is 3.48. The predicted molar refractivity (Wildman–Crippen MR) is 90.8 cm³/mol. The first-order valence-electron chi connectivity index (χ1n) is 7.25. The van der Waals surface area contributed by atoms with Gasteiger partial charge >= 0.3 is 0 Å². The molecule has 1 nitrogen and oxygen atoms in total. The van der Waals surface area contributed by atoms with Crippen molar-refractivity contribution in [1.82, 2.24) is 5.32 Å². The van der Waals surface area contributed by atoms with Crippen molar-refractivity contribution in [2.24, 2.45) is 0 Å². The second kappa shape index (κ2) is 7.26. The molecule has 0 spiro atoms. The summed E-state index contributed by atoms with van der Waals surface area (Å²) < 4.78 is 0. The molecule has 0 saturated heterocycles. The van der Waals surface area contributed by atoms with Gasteiger partial charge in [0, 0.05) is 20.8 Å². The van der Waals surface area contributed by atoms with Crippen LogP contribution in [0.3, 0.4) is 0 Å². The van der Waals surface area contributed by atoms with E-state index in [1.165, 1.54) is 27.3 Å². The molecule has 0 saturated carbocycles. The van der Waals surface area contributed by atoms with Crippen LogP contribution in [0.4, 0.5) is 0 Å². The van der Waals surface area contributed by atoms with E-state index in [-0.39, 0.29) is 0 Å². The molecule has 0 aliphatic carbocycles. The van der Waals surface area contributed by atoms with E-state index in [9.17, 15) is 0 Å². The molecule has 1 N–H and O–H groups in total. The lowest BCUT2D eigenvalue weighted by Crippen LogP contribution is -2.20. The maximum Gasteiger partial charge on any atom is 0.0412 e. The maximum atomic E-state index is 6.12. The van der Waals surface area contributed by atoms with Crippen LogP contribution < -0.4 is 5.32 Å². The summed E-state index contributed by atoms with van der Waals surface area (Å²) >= 11 is 7.99. The molecule has 2 rings (SSSR count). The van der Waals surface area contributed by atoms with E-state index < -0.39 is 0 Å². The third kappa shape index (κ3) is 3.63. The van der Waals surface area contributed by atoms with Crippen LogP contribution in [-0.4, -0.2) is 6.54 Å². The molecular formula is C17H22ClNS. The minimum atomic E-state index is 0.466. The summed E-state index contributed by atoms with van der Waals surface area (Å²) in [5, 5.41) is 4.41. The number of benzene rings is 1. The van der Waals surface area contributed by atoms with Crippen LogP contribution >= 0.6 is 22.9 Å². The summed E-state index contributed by atoms with van der Waals surface area (Å²) in [5.41, 5.74) is 2.52. The Hall–Kier alpha value is -0.830. The van der Waals surface area contributed by atoms with Crippen molar-refractivity contribution in [3.63, 3.8) is 0 Å². The van der Waals surface area contributed by atoms with E-state index in [4.69, 9.17) is 11.6 Å². The molecule has 0 bridgehead atoms. The van der Waals surface area contributed by atoms with Gasteiger partial charge in [0.15, 0.2) is 0 Å². The second-order valence-corrected chi connectivity index (χ2v) is 6.63. The van der Waals surface area contributed by atoms with E-state index in [1.807, 2.05) is 17.4 Å². The standard InChI is InChI=1S/C17H22ClNS/c1-4-10-19-15(5-2)17-9-8-16(20-17)14-11-13(18)7-6-12(14)3/h6-9,11,15,19H,4-5,10H2,1-3H3. The number of hydrogen-bond acceptors (Lipinski definition) is 2. The first-order chi connectivity index (χ1) is 9.65. The zero-order valence-corrected chi connectivity index (χ0v) is 13.9. The lowest BCUT2D eigenvalue weighted by atomic mass is 10.1. The highest BCUT2D eigenvalue weighted by molar-refractivity contribution is 7.15. The molecule has 0 radical (unpaired) electrons. The van der Waals surface area contributed by atoms with Gasteiger partial charge in [-0.3, -0.25) is 0 Å². The Kier molecular flexibility index (Phi) is 5.64. The van der Waals surface area contributed by atoms with Crippen molar-refractivity contribution >= 4 is 22.9 Å². The largest absolute Gasteiger partial charge is 0.309 e. The SMILES string of the molecule is CCCNC(CC)c1ccc(-c2cc(Cl)ccc2C)s1. The van der Waals surface area contributed by atoms with Gasteiger partial charge in [-0.25, -0.2) is 0 Å². The second-order valence-electron chi connectivity index (χ2n) is 5.08. The van der Waals surface area contributed by atoms with Gasteiger partial charge in [0.05, 0.1) is 0 Å². The Balaban J connectivity index is 2.25. The zero-order chi connectivity index (χ0) is 14.5. The Morgan fingerprint density at radius 1 is 1.20 bits per heavy atom. The molecule has 1 aromatic carbocycles. The number of nitrogens with one attached hydrogen (secondary N) is 1. The van der Waals surface area contributed by atoms with Crippen LogP contribution in [0.2, 0.25) is 5.02 Å². The molecule has 1 aromatic heterocycles. The lowest BCUT2D eigenvalue weighted by Gasteiger charge is -2.14. The van der Waals surface area contributed by atoms with E-state index in [1.54, 1.807) is 0 Å². The van der Waals surface area contributed by atoms with Crippen molar-refractivity contribution in [3.8, 4) is 10.4 Å². The highest BCUT2D eigenvalue weighted by atomic mass is 35.5. The zero-order valence-electron chi connectivity index (χ0n) is 12.4. The maximum absolute atomic E-state index is 6.12. The molecule has 0 amide bonds. The highest BCUT2D eigenvalue weighted by Gasteiger charge is 2.13. The van der Waals surface area contributed by atoms with E-state index in [0.29, 0.717) is 6.04 Å². The summed E-state index contributed by atoms with van der Waals surface area (Å²) in [6.07, 6.45) is 2.29. The van der Waals surface area contributed by atoms with Crippen molar-refractivity contribution in [1.29, 1.82) is 0 Å². The van der Waals surface area contributed by atoms with Crippen LogP contribution in [-0.2, 0) is 0 Å². The summed E-state index contributed by atoms with van der Waals surface area (Å²) in [7, 11) is 0. The van der Waals surface area contributed by atoms with Crippen molar-refractivity contribution in [2.75, 3.05) is 6.54 Å². The minimum Gasteiger partial charge on any atom is -0.309 e. The van der Waals surface area contributed by atoms with Crippen LogP contribution in [0.5, 0.6) is 0 Å². The van der Waals surface area contributed by atoms with Crippen LogP contribution in [0.25, 0.3) is 10.4 Å². The molecule has 1 unspecified atom stereocenters. The normalized spacial score (nSPS) is 12.6. The Morgan fingerprint density at radius 3 is 2.70 bits per heavy atom. The first-order valence-corrected chi connectivity index (χ1v) is 8.44. The van der Waals surface area contributed by atoms with Gasteiger partial charge in [0.25, 0.3) is 0 Å². The molecule has 2 aromatic rings. The van der Waals surface area contributed by atoms with Crippen LogP contribution in [0.15, 0.2) is 30.3 Å².